The average molecular weight is 339 g/mol. The van der Waals surface area contributed by atoms with Gasteiger partial charge in [0.15, 0.2) is 0 Å². The lowest BCUT2D eigenvalue weighted by atomic mass is 10.1. The van der Waals surface area contributed by atoms with Crippen LogP contribution in [0.1, 0.15) is 27.7 Å². The number of rotatable bonds is 5. The summed E-state index contributed by atoms with van der Waals surface area (Å²) in [5.74, 6) is -0.0872. The van der Waals surface area contributed by atoms with E-state index in [-0.39, 0.29) is 22.2 Å². The van der Waals surface area contributed by atoms with Crippen molar-refractivity contribution in [3.8, 4) is 0 Å². The molecule has 0 fully saturated rings. The highest BCUT2D eigenvalue weighted by atomic mass is 35.5. The van der Waals surface area contributed by atoms with Gasteiger partial charge in [0, 0.05) is 25.6 Å². The van der Waals surface area contributed by atoms with Crippen molar-refractivity contribution >= 4 is 38.9 Å². The summed E-state index contributed by atoms with van der Waals surface area (Å²) in [5, 5.41) is 0. The molecule has 0 aliphatic heterocycles. The lowest BCUT2D eigenvalue weighted by Crippen LogP contribution is -2.48. The first-order chi connectivity index (χ1) is 9.04. The standard InChI is InChI=1S/C12H19ClN2O3S2/c1-9(16)15(12(2,3)4)8-7-14-20(17,18)11-6-5-10(13)19-11/h5-6,14H,7-8H2,1-4H3. The SMILES string of the molecule is CC(=O)N(CCNS(=O)(=O)c1ccc(Cl)s1)C(C)(C)C. The predicted octanol–water partition coefficient (Wildman–Crippen LogP) is 2.33. The Kier molecular flexibility index (Phi) is 5.60. The van der Waals surface area contributed by atoms with E-state index in [0.717, 1.165) is 11.3 Å². The Hall–Kier alpha value is -0.630. The van der Waals surface area contributed by atoms with Crippen LogP contribution in [0.3, 0.4) is 0 Å². The molecule has 1 aromatic heterocycles. The number of carbonyl (C=O) groups is 1. The molecule has 5 nitrogen and oxygen atoms in total. The average Bonchev–Trinajstić information content (AvgIpc) is 2.69. The maximum Gasteiger partial charge on any atom is 0.250 e. The minimum absolute atomic E-state index is 0.0872. The van der Waals surface area contributed by atoms with Crippen LogP contribution in [0, 0.1) is 0 Å². The van der Waals surface area contributed by atoms with Gasteiger partial charge in [-0.2, -0.15) is 0 Å². The highest BCUT2D eigenvalue weighted by molar-refractivity contribution is 7.91. The third-order valence-corrected chi connectivity index (χ3v) is 5.81. The Morgan fingerprint density at radius 1 is 1.40 bits per heavy atom. The molecule has 0 aromatic carbocycles. The number of amides is 1. The van der Waals surface area contributed by atoms with Crippen molar-refractivity contribution in [1.82, 2.24) is 9.62 Å². The van der Waals surface area contributed by atoms with E-state index < -0.39 is 10.0 Å². The summed E-state index contributed by atoms with van der Waals surface area (Å²) in [7, 11) is -3.56. The minimum atomic E-state index is -3.56. The lowest BCUT2D eigenvalue weighted by molar-refractivity contribution is -0.133. The fraction of sp³-hybridized carbons (Fsp3) is 0.583. The maximum atomic E-state index is 12.0. The molecule has 0 aliphatic rings. The van der Waals surface area contributed by atoms with Crippen LogP contribution in [-0.2, 0) is 14.8 Å². The summed E-state index contributed by atoms with van der Waals surface area (Å²) in [6, 6.07) is 3.00. The molecule has 1 aromatic rings. The maximum absolute atomic E-state index is 12.0. The molecule has 0 unspecified atom stereocenters. The zero-order valence-corrected chi connectivity index (χ0v) is 14.3. The Labute approximate surface area is 129 Å². The zero-order chi connectivity index (χ0) is 15.6. The number of hydrogen-bond acceptors (Lipinski definition) is 4. The highest BCUT2D eigenvalue weighted by Crippen LogP contribution is 2.25. The summed E-state index contributed by atoms with van der Waals surface area (Å²) in [5.41, 5.74) is -0.344. The van der Waals surface area contributed by atoms with Gasteiger partial charge >= 0.3 is 0 Å². The molecule has 0 atom stereocenters. The van der Waals surface area contributed by atoms with Crippen molar-refractivity contribution in [2.75, 3.05) is 13.1 Å². The number of sulfonamides is 1. The van der Waals surface area contributed by atoms with Crippen LogP contribution in [0.2, 0.25) is 4.34 Å². The summed E-state index contributed by atoms with van der Waals surface area (Å²) < 4.78 is 27.0. The molecular formula is C12H19ClN2O3S2. The van der Waals surface area contributed by atoms with Gasteiger partial charge in [0.2, 0.25) is 15.9 Å². The summed E-state index contributed by atoms with van der Waals surface area (Å²) >= 11 is 6.73. The fourth-order valence-corrected chi connectivity index (χ4v) is 4.32. The molecule has 114 valence electrons. The molecule has 1 rings (SSSR count). The third-order valence-electron chi connectivity index (χ3n) is 2.63. The first-order valence-corrected chi connectivity index (χ1v) is 8.75. The molecule has 0 saturated heterocycles. The van der Waals surface area contributed by atoms with Crippen LogP contribution >= 0.6 is 22.9 Å². The van der Waals surface area contributed by atoms with Crippen LogP contribution in [-0.4, -0.2) is 37.9 Å². The molecule has 0 radical (unpaired) electrons. The molecule has 1 heterocycles. The monoisotopic (exact) mass is 338 g/mol. The topological polar surface area (TPSA) is 66.5 Å². The van der Waals surface area contributed by atoms with Crippen LogP contribution in [0.4, 0.5) is 0 Å². The molecule has 0 spiro atoms. The Morgan fingerprint density at radius 3 is 2.40 bits per heavy atom. The fourth-order valence-electron chi connectivity index (χ4n) is 1.77. The minimum Gasteiger partial charge on any atom is -0.337 e. The van der Waals surface area contributed by atoms with Gasteiger partial charge in [0.05, 0.1) is 4.34 Å². The molecule has 20 heavy (non-hydrogen) atoms. The van der Waals surface area contributed by atoms with E-state index in [1.54, 1.807) is 4.90 Å². The van der Waals surface area contributed by atoms with Gasteiger partial charge in [-0.05, 0) is 32.9 Å². The van der Waals surface area contributed by atoms with E-state index in [9.17, 15) is 13.2 Å². The smallest absolute Gasteiger partial charge is 0.250 e. The van der Waals surface area contributed by atoms with E-state index in [2.05, 4.69) is 4.72 Å². The number of hydrogen-bond donors (Lipinski definition) is 1. The highest BCUT2D eigenvalue weighted by Gasteiger charge is 2.24. The first kappa shape index (κ1) is 17.4. The van der Waals surface area contributed by atoms with Gasteiger partial charge in [0.25, 0.3) is 0 Å². The second-order valence-corrected chi connectivity index (χ2v) is 9.01. The number of halogens is 1. The summed E-state index contributed by atoms with van der Waals surface area (Å²) in [6.07, 6.45) is 0. The van der Waals surface area contributed by atoms with E-state index in [0.29, 0.717) is 10.9 Å². The predicted molar refractivity (Wildman–Crippen MR) is 81.7 cm³/mol. The van der Waals surface area contributed by atoms with Gasteiger partial charge in [0.1, 0.15) is 4.21 Å². The quantitative estimate of drug-likeness (QED) is 0.896. The van der Waals surface area contributed by atoms with Gasteiger partial charge in [-0.1, -0.05) is 11.6 Å². The van der Waals surface area contributed by atoms with Gasteiger partial charge in [-0.15, -0.1) is 11.3 Å². The van der Waals surface area contributed by atoms with Crippen molar-refractivity contribution < 1.29 is 13.2 Å². The van der Waals surface area contributed by atoms with Gasteiger partial charge in [-0.3, -0.25) is 4.79 Å². The van der Waals surface area contributed by atoms with E-state index >= 15 is 0 Å². The van der Waals surface area contributed by atoms with Crippen molar-refractivity contribution in [1.29, 1.82) is 0 Å². The molecule has 1 N–H and O–H groups in total. The molecule has 1 amide bonds. The second-order valence-electron chi connectivity index (χ2n) is 5.30. The summed E-state index contributed by atoms with van der Waals surface area (Å²) in [6.45, 7) is 7.66. The Balaban J connectivity index is 2.66. The number of nitrogens with one attached hydrogen (secondary N) is 1. The lowest BCUT2D eigenvalue weighted by Gasteiger charge is -2.34. The normalized spacial score (nSPS) is 12.4. The number of thiophene rings is 1. The van der Waals surface area contributed by atoms with Crippen LogP contribution in [0.5, 0.6) is 0 Å². The summed E-state index contributed by atoms with van der Waals surface area (Å²) in [4.78, 5) is 13.2. The number of nitrogens with zero attached hydrogens (tertiary/aromatic N) is 1. The van der Waals surface area contributed by atoms with Crippen molar-refractivity contribution in [2.24, 2.45) is 0 Å². The number of carbonyl (C=O) groups excluding carboxylic acids is 1. The van der Waals surface area contributed by atoms with Gasteiger partial charge in [-0.25, -0.2) is 13.1 Å². The molecular weight excluding hydrogens is 320 g/mol. The molecule has 8 heteroatoms. The van der Waals surface area contributed by atoms with Crippen LogP contribution < -0.4 is 4.72 Å². The molecule has 0 aliphatic carbocycles. The molecule has 0 saturated carbocycles. The third kappa shape index (κ3) is 4.73. The van der Waals surface area contributed by atoms with E-state index in [1.807, 2.05) is 20.8 Å². The van der Waals surface area contributed by atoms with Gasteiger partial charge < -0.3 is 4.90 Å². The van der Waals surface area contributed by atoms with E-state index in [4.69, 9.17) is 11.6 Å². The molecule has 0 bridgehead atoms. The van der Waals surface area contributed by atoms with E-state index in [1.165, 1.54) is 19.1 Å². The Morgan fingerprint density at radius 2 is 2.00 bits per heavy atom. The zero-order valence-electron chi connectivity index (χ0n) is 11.9. The largest absolute Gasteiger partial charge is 0.337 e. The van der Waals surface area contributed by atoms with Crippen molar-refractivity contribution in [2.45, 2.75) is 37.4 Å². The second kappa shape index (κ2) is 6.43. The van der Waals surface area contributed by atoms with Crippen LogP contribution in [0.15, 0.2) is 16.3 Å². The first-order valence-electron chi connectivity index (χ1n) is 6.07. The van der Waals surface area contributed by atoms with Crippen molar-refractivity contribution in [3.63, 3.8) is 0 Å². The Bertz CT molecular complexity index is 576. The van der Waals surface area contributed by atoms with Crippen LogP contribution in [0.25, 0.3) is 0 Å². The van der Waals surface area contributed by atoms with Crippen molar-refractivity contribution in [3.05, 3.63) is 16.5 Å².